The fraction of sp³-hybridized carbons (Fsp3) is 0.688. The van der Waals surface area contributed by atoms with Crippen molar-refractivity contribution in [2.75, 3.05) is 11.4 Å². The summed E-state index contributed by atoms with van der Waals surface area (Å²) in [6.07, 6.45) is 2.49. The Balaban J connectivity index is 2.35. The van der Waals surface area contributed by atoms with Gasteiger partial charge in [0.1, 0.15) is 5.82 Å². The molecule has 0 saturated carbocycles. The maximum atomic E-state index is 9.44. The van der Waals surface area contributed by atoms with Crippen molar-refractivity contribution in [1.82, 2.24) is 4.98 Å². The standard InChI is InChI=1S/C16H26N2O/c1-11(2)14-8-13(10-19)9-16(17-14)18-7-5-6-15(18)12(3)4/h8-9,11-12,15,19H,5-7,10H2,1-4H3. The van der Waals surface area contributed by atoms with Crippen molar-refractivity contribution in [3.8, 4) is 0 Å². The van der Waals surface area contributed by atoms with Crippen LogP contribution in [0.4, 0.5) is 5.82 Å². The SMILES string of the molecule is CC(C)c1cc(CO)cc(N2CCCC2C(C)C)n1. The summed E-state index contributed by atoms with van der Waals surface area (Å²) in [4.78, 5) is 7.24. The van der Waals surface area contributed by atoms with Crippen molar-refractivity contribution in [2.45, 2.75) is 59.1 Å². The molecule has 2 heterocycles. The highest BCUT2D eigenvalue weighted by molar-refractivity contribution is 5.45. The van der Waals surface area contributed by atoms with E-state index in [1.807, 2.05) is 12.1 Å². The highest BCUT2D eigenvalue weighted by atomic mass is 16.3. The van der Waals surface area contributed by atoms with Gasteiger partial charge in [0, 0.05) is 18.3 Å². The van der Waals surface area contributed by atoms with Gasteiger partial charge in [-0.2, -0.15) is 0 Å². The molecule has 0 aliphatic carbocycles. The van der Waals surface area contributed by atoms with Crippen LogP contribution in [0.5, 0.6) is 0 Å². The molecule has 3 heteroatoms. The van der Waals surface area contributed by atoms with Crippen LogP contribution in [0, 0.1) is 5.92 Å². The number of nitrogens with zero attached hydrogens (tertiary/aromatic N) is 2. The maximum Gasteiger partial charge on any atom is 0.129 e. The van der Waals surface area contributed by atoms with Crippen molar-refractivity contribution in [3.05, 3.63) is 23.4 Å². The molecule has 0 aromatic carbocycles. The first-order valence-corrected chi connectivity index (χ1v) is 7.41. The molecule has 1 N–H and O–H groups in total. The number of anilines is 1. The highest BCUT2D eigenvalue weighted by Crippen LogP contribution is 2.30. The lowest BCUT2D eigenvalue weighted by Gasteiger charge is -2.29. The maximum absolute atomic E-state index is 9.44. The van der Waals surface area contributed by atoms with Gasteiger partial charge in [-0.05, 0) is 42.4 Å². The molecule has 106 valence electrons. The first-order chi connectivity index (χ1) is 9.02. The normalized spacial score (nSPS) is 19.7. The summed E-state index contributed by atoms with van der Waals surface area (Å²) < 4.78 is 0. The number of pyridine rings is 1. The summed E-state index contributed by atoms with van der Waals surface area (Å²) in [6, 6.07) is 4.66. The molecule has 1 fully saturated rings. The average molecular weight is 262 g/mol. The van der Waals surface area contributed by atoms with E-state index >= 15 is 0 Å². The van der Waals surface area contributed by atoms with Crippen LogP contribution in [-0.4, -0.2) is 22.7 Å². The molecule has 3 nitrogen and oxygen atoms in total. The van der Waals surface area contributed by atoms with Gasteiger partial charge >= 0.3 is 0 Å². The van der Waals surface area contributed by atoms with Crippen LogP contribution in [0.2, 0.25) is 0 Å². The fourth-order valence-corrected chi connectivity index (χ4v) is 2.90. The van der Waals surface area contributed by atoms with Crippen molar-refractivity contribution in [1.29, 1.82) is 0 Å². The molecule has 0 spiro atoms. The van der Waals surface area contributed by atoms with Crippen molar-refractivity contribution in [2.24, 2.45) is 5.92 Å². The Bertz CT molecular complexity index is 429. The number of aliphatic hydroxyl groups excluding tert-OH is 1. The average Bonchev–Trinajstić information content (AvgIpc) is 2.87. The monoisotopic (exact) mass is 262 g/mol. The van der Waals surface area contributed by atoms with Gasteiger partial charge in [0.15, 0.2) is 0 Å². The lowest BCUT2D eigenvalue weighted by molar-refractivity contribution is 0.281. The molecule has 1 unspecified atom stereocenters. The predicted molar refractivity (Wildman–Crippen MR) is 79.5 cm³/mol. The van der Waals surface area contributed by atoms with E-state index in [9.17, 15) is 5.11 Å². The van der Waals surface area contributed by atoms with E-state index in [0.717, 1.165) is 23.6 Å². The molecule has 1 saturated heterocycles. The molecule has 1 aliphatic heterocycles. The summed E-state index contributed by atoms with van der Waals surface area (Å²) in [5, 5.41) is 9.44. The van der Waals surface area contributed by atoms with Gasteiger partial charge in [-0.15, -0.1) is 0 Å². The van der Waals surface area contributed by atoms with Crippen LogP contribution in [0.25, 0.3) is 0 Å². The zero-order valence-electron chi connectivity index (χ0n) is 12.6. The van der Waals surface area contributed by atoms with Gasteiger partial charge in [0.05, 0.1) is 6.61 Å². The highest BCUT2D eigenvalue weighted by Gasteiger charge is 2.28. The second-order valence-electron chi connectivity index (χ2n) is 6.22. The van der Waals surface area contributed by atoms with E-state index in [-0.39, 0.29) is 6.61 Å². The van der Waals surface area contributed by atoms with E-state index in [0.29, 0.717) is 17.9 Å². The summed E-state index contributed by atoms with van der Waals surface area (Å²) in [5.74, 6) is 2.08. The predicted octanol–water partition coefficient (Wildman–Crippen LogP) is 3.32. The molecule has 1 aliphatic rings. The second kappa shape index (κ2) is 5.91. The molecular weight excluding hydrogens is 236 g/mol. The van der Waals surface area contributed by atoms with E-state index in [4.69, 9.17) is 4.98 Å². The van der Waals surface area contributed by atoms with E-state index in [1.165, 1.54) is 12.8 Å². The van der Waals surface area contributed by atoms with Gasteiger partial charge in [0.25, 0.3) is 0 Å². The largest absolute Gasteiger partial charge is 0.392 e. The molecular formula is C16H26N2O. The fourth-order valence-electron chi connectivity index (χ4n) is 2.90. The van der Waals surface area contributed by atoms with Crippen molar-refractivity contribution in [3.63, 3.8) is 0 Å². The van der Waals surface area contributed by atoms with Gasteiger partial charge < -0.3 is 10.0 Å². The smallest absolute Gasteiger partial charge is 0.129 e. The zero-order chi connectivity index (χ0) is 14.0. The third kappa shape index (κ3) is 3.08. The molecule has 0 bridgehead atoms. The Hall–Kier alpha value is -1.09. The van der Waals surface area contributed by atoms with E-state index < -0.39 is 0 Å². The molecule has 2 rings (SSSR count). The Labute approximate surface area is 116 Å². The van der Waals surface area contributed by atoms with E-state index in [2.05, 4.69) is 32.6 Å². The molecule has 19 heavy (non-hydrogen) atoms. The number of rotatable bonds is 4. The first-order valence-electron chi connectivity index (χ1n) is 7.41. The number of aliphatic hydroxyl groups is 1. The first kappa shape index (κ1) is 14.3. The minimum atomic E-state index is 0.0927. The third-order valence-electron chi connectivity index (χ3n) is 4.03. The molecule has 1 aromatic rings. The number of hydrogen-bond donors (Lipinski definition) is 1. The minimum absolute atomic E-state index is 0.0927. The lowest BCUT2D eigenvalue weighted by atomic mass is 10.0. The topological polar surface area (TPSA) is 36.4 Å². The summed E-state index contributed by atoms with van der Waals surface area (Å²) in [7, 11) is 0. The second-order valence-corrected chi connectivity index (χ2v) is 6.22. The van der Waals surface area contributed by atoms with Crippen molar-refractivity contribution >= 4 is 5.82 Å². The van der Waals surface area contributed by atoms with Crippen LogP contribution in [0.1, 0.15) is 57.7 Å². The van der Waals surface area contributed by atoms with Gasteiger partial charge in [-0.3, -0.25) is 0 Å². The number of hydrogen-bond acceptors (Lipinski definition) is 3. The Morgan fingerprint density at radius 3 is 2.63 bits per heavy atom. The number of aromatic nitrogens is 1. The van der Waals surface area contributed by atoms with Crippen LogP contribution < -0.4 is 4.90 Å². The minimum Gasteiger partial charge on any atom is -0.392 e. The van der Waals surface area contributed by atoms with Crippen LogP contribution in [-0.2, 0) is 6.61 Å². The zero-order valence-corrected chi connectivity index (χ0v) is 12.6. The molecule has 1 aromatic heterocycles. The molecule has 0 radical (unpaired) electrons. The van der Waals surface area contributed by atoms with Gasteiger partial charge in [-0.1, -0.05) is 27.7 Å². The quantitative estimate of drug-likeness (QED) is 0.904. The van der Waals surface area contributed by atoms with Crippen LogP contribution in [0.15, 0.2) is 12.1 Å². The van der Waals surface area contributed by atoms with Crippen LogP contribution >= 0.6 is 0 Å². The van der Waals surface area contributed by atoms with Gasteiger partial charge in [-0.25, -0.2) is 4.98 Å². The summed E-state index contributed by atoms with van der Waals surface area (Å²) >= 11 is 0. The van der Waals surface area contributed by atoms with Crippen molar-refractivity contribution < 1.29 is 5.11 Å². The van der Waals surface area contributed by atoms with Crippen LogP contribution in [0.3, 0.4) is 0 Å². The Kier molecular flexibility index (Phi) is 4.46. The Morgan fingerprint density at radius 2 is 2.05 bits per heavy atom. The Morgan fingerprint density at radius 1 is 1.32 bits per heavy atom. The lowest BCUT2D eigenvalue weighted by Crippen LogP contribution is -2.34. The third-order valence-corrected chi connectivity index (χ3v) is 4.03. The molecule has 1 atom stereocenters. The summed E-state index contributed by atoms with van der Waals surface area (Å²) in [5.41, 5.74) is 2.05. The summed E-state index contributed by atoms with van der Waals surface area (Å²) in [6.45, 7) is 10.0. The van der Waals surface area contributed by atoms with Gasteiger partial charge in [0.2, 0.25) is 0 Å². The molecule has 0 amide bonds. The van der Waals surface area contributed by atoms with E-state index in [1.54, 1.807) is 0 Å².